The molecule has 0 aliphatic rings. The van der Waals surface area contributed by atoms with Gasteiger partial charge >= 0.3 is 0 Å². The van der Waals surface area contributed by atoms with Crippen LogP contribution < -0.4 is 5.32 Å². The second-order valence-electron chi connectivity index (χ2n) is 4.51. The van der Waals surface area contributed by atoms with Crippen molar-refractivity contribution < 1.29 is 4.79 Å². The summed E-state index contributed by atoms with van der Waals surface area (Å²) in [6.45, 7) is 3.68. The molecule has 3 nitrogen and oxygen atoms in total. The maximum atomic E-state index is 12.3. The molecule has 100 valence electrons. The van der Waals surface area contributed by atoms with E-state index >= 15 is 0 Å². The second kappa shape index (κ2) is 5.77. The van der Waals surface area contributed by atoms with E-state index in [0.717, 1.165) is 11.1 Å². The van der Waals surface area contributed by atoms with Crippen molar-refractivity contribution >= 4 is 23.2 Å². The minimum Gasteiger partial charge on any atom is -0.322 e. The van der Waals surface area contributed by atoms with Crippen LogP contribution in [-0.2, 0) is 0 Å². The molecule has 0 atom stereocenters. The van der Waals surface area contributed by atoms with Gasteiger partial charge in [-0.25, -0.2) is 0 Å². The molecule has 2 aromatic carbocycles. The van der Waals surface area contributed by atoms with Gasteiger partial charge in [-0.1, -0.05) is 23.7 Å². The first-order chi connectivity index (χ1) is 9.52. The first-order valence-electron chi connectivity index (χ1n) is 6.10. The number of amides is 1. The zero-order chi connectivity index (χ0) is 14.7. The predicted molar refractivity (Wildman–Crippen MR) is 80.0 cm³/mol. The fraction of sp³-hybridized carbons (Fsp3) is 0.125. The molecule has 2 rings (SSSR count). The minimum absolute atomic E-state index is 0.233. The Bertz CT molecular complexity index is 717. The summed E-state index contributed by atoms with van der Waals surface area (Å²) in [4.78, 5) is 12.3. The monoisotopic (exact) mass is 284 g/mol. The molecule has 0 unspecified atom stereocenters. The smallest absolute Gasteiger partial charge is 0.255 e. The van der Waals surface area contributed by atoms with Crippen LogP contribution in [0.25, 0.3) is 0 Å². The third-order valence-corrected chi connectivity index (χ3v) is 3.54. The Morgan fingerprint density at radius 1 is 1.25 bits per heavy atom. The molecule has 0 heterocycles. The van der Waals surface area contributed by atoms with E-state index in [1.807, 2.05) is 6.92 Å². The Kier molecular flexibility index (Phi) is 4.07. The number of nitrogens with one attached hydrogen (secondary N) is 1. The van der Waals surface area contributed by atoms with Crippen molar-refractivity contribution in [3.8, 4) is 6.07 Å². The van der Waals surface area contributed by atoms with Crippen LogP contribution in [0, 0.1) is 25.2 Å². The summed E-state index contributed by atoms with van der Waals surface area (Å²) in [6.07, 6.45) is 0. The van der Waals surface area contributed by atoms with Crippen LogP contribution >= 0.6 is 11.6 Å². The van der Waals surface area contributed by atoms with Crippen molar-refractivity contribution in [2.75, 3.05) is 5.32 Å². The number of benzene rings is 2. The molecule has 0 saturated heterocycles. The Morgan fingerprint density at radius 3 is 2.70 bits per heavy atom. The van der Waals surface area contributed by atoms with Gasteiger partial charge in [0.15, 0.2) is 0 Å². The average Bonchev–Trinajstić information content (AvgIpc) is 2.44. The number of hydrogen-bond donors (Lipinski definition) is 1. The summed E-state index contributed by atoms with van der Waals surface area (Å²) < 4.78 is 0. The molecule has 0 fully saturated rings. The molecular formula is C16H13ClN2O. The minimum atomic E-state index is -0.233. The Labute approximate surface area is 122 Å². The lowest BCUT2D eigenvalue weighted by molar-refractivity contribution is 0.102. The summed E-state index contributed by atoms with van der Waals surface area (Å²) in [5.41, 5.74) is 3.30. The van der Waals surface area contributed by atoms with Crippen molar-refractivity contribution in [3.63, 3.8) is 0 Å². The van der Waals surface area contributed by atoms with Gasteiger partial charge in [0.1, 0.15) is 0 Å². The summed E-state index contributed by atoms with van der Waals surface area (Å²) >= 11 is 6.02. The lowest BCUT2D eigenvalue weighted by Gasteiger charge is -2.11. The van der Waals surface area contributed by atoms with Crippen LogP contribution in [0.1, 0.15) is 27.0 Å². The number of aryl methyl sites for hydroxylation is 1. The number of carbonyl (C=O) groups is 1. The fourth-order valence-electron chi connectivity index (χ4n) is 1.87. The molecule has 0 aromatic heterocycles. The van der Waals surface area contributed by atoms with Crippen molar-refractivity contribution in [1.29, 1.82) is 5.26 Å². The number of carbonyl (C=O) groups excluding carboxylic acids is 1. The van der Waals surface area contributed by atoms with Gasteiger partial charge < -0.3 is 5.32 Å². The van der Waals surface area contributed by atoms with E-state index in [0.29, 0.717) is 21.8 Å². The SMILES string of the molecule is Cc1ccc(C#N)cc1NC(=O)c1cccc(Cl)c1C. The first kappa shape index (κ1) is 14.1. The zero-order valence-corrected chi connectivity index (χ0v) is 12.0. The molecule has 1 amide bonds. The van der Waals surface area contributed by atoms with Gasteiger partial charge in [-0.3, -0.25) is 4.79 Å². The molecule has 0 spiro atoms. The van der Waals surface area contributed by atoms with Gasteiger partial charge in [-0.05, 0) is 49.2 Å². The van der Waals surface area contributed by atoms with Gasteiger partial charge in [0, 0.05) is 16.3 Å². The maximum Gasteiger partial charge on any atom is 0.255 e. The topological polar surface area (TPSA) is 52.9 Å². The average molecular weight is 285 g/mol. The summed E-state index contributed by atoms with van der Waals surface area (Å²) in [7, 11) is 0. The van der Waals surface area contributed by atoms with Crippen LogP contribution in [-0.4, -0.2) is 5.91 Å². The van der Waals surface area contributed by atoms with Crippen LogP contribution in [0.2, 0.25) is 5.02 Å². The van der Waals surface area contributed by atoms with Crippen LogP contribution in [0.5, 0.6) is 0 Å². The van der Waals surface area contributed by atoms with Crippen molar-refractivity contribution in [1.82, 2.24) is 0 Å². The normalized spacial score (nSPS) is 9.90. The number of nitriles is 1. The van der Waals surface area contributed by atoms with Gasteiger partial charge in [-0.2, -0.15) is 5.26 Å². The van der Waals surface area contributed by atoms with Gasteiger partial charge in [0.25, 0.3) is 5.91 Å². The molecule has 2 aromatic rings. The van der Waals surface area contributed by atoms with Gasteiger partial charge in [0.05, 0.1) is 11.6 Å². The highest BCUT2D eigenvalue weighted by Gasteiger charge is 2.12. The highest BCUT2D eigenvalue weighted by molar-refractivity contribution is 6.32. The van der Waals surface area contributed by atoms with E-state index < -0.39 is 0 Å². The van der Waals surface area contributed by atoms with Crippen molar-refractivity contribution in [2.45, 2.75) is 13.8 Å². The molecule has 0 radical (unpaired) electrons. The molecular weight excluding hydrogens is 272 g/mol. The molecule has 4 heteroatoms. The van der Waals surface area contributed by atoms with E-state index in [9.17, 15) is 4.79 Å². The Morgan fingerprint density at radius 2 is 2.00 bits per heavy atom. The highest BCUT2D eigenvalue weighted by Crippen LogP contribution is 2.21. The third-order valence-electron chi connectivity index (χ3n) is 3.13. The third kappa shape index (κ3) is 2.81. The Hall–Kier alpha value is -2.31. The fourth-order valence-corrected chi connectivity index (χ4v) is 2.04. The summed E-state index contributed by atoms with van der Waals surface area (Å²) in [5, 5.41) is 12.3. The summed E-state index contributed by atoms with van der Waals surface area (Å²) in [5.74, 6) is -0.233. The number of rotatable bonds is 2. The highest BCUT2D eigenvalue weighted by atomic mass is 35.5. The van der Waals surface area contributed by atoms with E-state index in [2.05, 4.69) is 11.4 Å². The molecule has 20 heavy (non-hydrogen) atoms. The number of nitrogens with zero attached hydrogens (tertiary/aromatic N) is 1. The summed E-state index contributed by atoms with van der Waals surface area (Å²) in [6, 6.07) is 12.4. The van der Waals surface area contributed by atoms with E-state index in [1.54, 1.807) is 43.3 Å². The first-order valence-corrected chi connectivity index (χ1v) is 6.48. The van der Waals surface area contributed by atoms with Crippen molar-refractivity contribution in [3.05, 3.63) is 63.7 Å². The lowest BCUT2D eigenvalue weighted by atomic mass is 10.1. The number of hydrogen-bond acceptors (Lipinski definition) is 2. The van der Waals surface area contributed by atoms with Gasteiger partial charge in [-0.15, -0.1) is 0 Å². The zero-order valence-electron chi connectivity index (χ0n) is 11.2. The van der Waals surface area contributed by atoms with Crippen LogP contribution in [0.3, 0.4) is 0 Å². The van der Waals surface area contributed by atoms with Crippen molar-refractivity contribution in [2.24, 2.45) is 0 Å². The molecule has 0 bridgehead atoms. The molecule has 0 saturated carbocycles. The predicted octanol–water partition coefficient (Wildman–Crippen LogP) is 4.08. The van der Waals surface area contributed by atoms with E-state index in [4.69, 9.17) is 16.9 Å². The van der Waals surface area contributed by atoms with E-state index in [-0.39, 0.29) is 5.91 Å². The molecule has 1 N–H and O–H groups in total. The van der Waals surface area contributed by atoms with Crippen LogP contribution in [0.4, 0.5) is 5.69 Å². The molecule has 0 aliphatic heterocycles. The molecule has 0 aliphatic carbocycles. The quantitative estimate of drug-likeness (QED) is 0.903. The Balaban J connectivity index is 2.33. The van der Waals surface area contributed by atoms with Crippen LogP contribution in [0.15, 0.2) is 36.4 Å². The maximum absolute atomic E-state index is 12.3. The largest absolute Gasteiger partial charge is 0.322 e. The standard InChI is InChI=1S/C16H13ClN2O/c1-10-6-7-12(9-18)8-15(10)19-16(20)13-4-3-5-14(17)11(13)2/h3-8H,1-2H3,(H,19,20). The lowest BCUT2D eigenvalue weighted by Crippen LogP contribution is -2.14. The van der Waals surface area contributed by atoms with Gasteiger partial charge in [0.2, 0.25) is 0 Å². The number of anilines is 1. The van der Waals surface area contributed by atoms with E-state index in [1.165, 1.54) is 0 Å². The second-order valence-corrected chi connectivity index (χ2v) is 4.92. The number of halogens is 1.